The van der Waals surface area contributed by atoms with E-state index in [9.17, 15) is 13.2 Å². The predicted octanol–water partition coefficient (Wildman–Crippen LogP) is 3.74. The largest absolute Gasteiger partial charge is 0.416 e. The highest BCUT2D eigenvalue weighted by molar-refractivity contribution is 6.11. The van der Waals surface area contributed by atoms with Gasteiger partial charge in [0.1, 0.15) is 6.07 Å². The number of alkyl halides is 3. The molecular formula is C14H8F3N3. The first-order valence-corrected chi connectivity index (χ1v) is 5.58. The Morgan fingerprint density at radius 2 is 1.95 bits per heavy atom. The lowest BCUT2D eigenvalue weighted by Gasteiger charge is -2.06. The summed E-state index contributed by atoms with van der Waals surface area (Å²) in [5.74, 6) is 0. The Morgan fingerprint density at radius 1 is 1.15 bits per heavy atom. The molecule has 0 saturated carbocycles. The Labute approximate surface area is 113 Å². The van der Waals surface area contributed by atoms with Crippen LogP contribution in [0.1, 0.15) is 11.3 Å². The zero-order chi connectivity index (χ0) is 14.6. The summed E-state index contributed by atoms with van der Waals surface area (Å²) in [5.41, 5.74) is -0.476. The lowest BCUT2D eigenvalue weighted by molar-refractivity contribution is -0.137. The van der Waals surface area contributed by atoms with E-state index in [0.717, 1.165) is 12.1 Å². The van der Waals surface area contributed by atoms with Gasteiger partial charge in [-0.3, -0.25) is 4.98 Å². The smallest absolute Gasteiger partial charge is 0.254 e. The molecule has 1 aromatic heterocycles. The summed E-state index contributed by atoms with van der Waals surface area (Å²) in [4.78, 5) is 7.86. The van der Waals surface area contributed by atoms with Crippen LogP contribution in [-0.4, -0.2) is 10.7 Å². The summed E-state index contributed by atoms with van der Waals surface area (Å²) >= 11 is 0. The zero-order valence-electron chi connectivity index (χ0n) is 10.1. The maximum absolute atomic E-state index is 12.6. The highest BCUT2D eigenvalue weighted by atomic mass is 19.4. The Bertz CT molecular complexity index is 670. The van der Waals surface area contributed by atoms with E-state index >= 15 is 0 Å². The third-order valence-electron chi connectivity index (χ3n) is 2.43. The second-order valence-corrected chi connectivity index (χ2v) is 3.84. The third kappa shape index (κ3) is 3.20. The van der Waals surface area contributed by atoms with Gasteiger partial charge in [-0.2, -0.15) is 18.4 Å². The molecule has 0 aliphatic heterocycles. The summed E-state index contributed by atoms with van der Waals surface area (Å²) in [6.45, 7) is 0. The van der Waals surface area contributed by atoms with Crippen molar-refractivity contribution in [3.05, 3.63) is 59.9 Å². The second-order valence-electron chi connectivity index (χ2n) is 3.84. The third-order valence-corrected chi connectivity index (χ3v) is 2.43. The van der Waals surface area contributed by atoms with Gasteiger partial charge in [0.2, 0.25) is 0 Å². The van der Waals surface area contributed by atoms with E-state index in [2.05, 4.69) is 9.98 Å². The molecule has 0 unspecified atom stereocenters. The van der Waals surface area contributed by atoms with E-state index in [1.807, 2.05) is 6.07 Å². The number of hydrogen-bond acceptors (Lipinski definition) is 3. The van der Waals surface area contributed by atoms with Gasteiger partial charge in [-0.1, -0.05) is 12.1 Å². The van der Waals surface area contributed by atoms with Gasteiger partial charge in [0.05, 0.1) is 16.9 Å². The molecule has 20 heavy (non-hydrogen) atoms. The molecule has 1 aromatic carbocycles. The average molecular weight is 275 g/mol. The van der Waals surface area contributed by atoms with Crippen molar-refractivity contribution in [3.8, 4) is 6.07 Å². The molecule has 6 heteroatoms. The molecular weight excluding hydrogens is 267 g/mol. The monoisotopic (exact) mass is 275 g/mol. The number of benzene rings is 1. The Hall–Kier alpha value is -2.68. The molecule has 0 fully saturated rings. The number of nitrogens with zero attached hydrogens (tertiary/aromatic N) is 3. The maximum Gasteiger partial charge on any atom is 0.416 e. The fourth-order valence-electron chi connectivity index (χ4n) is 1.52. The van der Waals surface area contributed by atoms with E-state index in [4.69, 9.17) is 5.26 Å². The summed E-state index contributed by atoms with van der Waals surface area (Å²) in [7, 11) is 0. The molecule has 0 radical (unpaired) electrons. The number of aromatic nitrogens is 1. The molecule has 3 nitrogen and oxygen atoms in total. The molecule has 0 amide bonds. The highest BCUT2D eigenvalue weighted by Crippen LogP contribution is 2.31. The molecule has 0 N–H and O–H groups in total. The Morgan fingerprint density at radius 3 is 2.55 bits per heavy atom. The Balaban J connectivity index is 2.42. The SMILES string of the molecule is N#CC(=Nc1cccc(C(F)(F)F)c1)c1ccccn1. The molecule has 0 bridgehead atoms. The van der Waals surface area contributed by atoms with Crippen molar-refractivity contribution < 1.29 is 13.2 Å². The van der Waals surface area contributed by atoms with Crippen molar-refractivity contribution in [1.82, 2.24) is 4.98 Å². The van der Waals surface area contributed by atoms with E-state index in [-0.39, 0.29) is 11.4 Å². The first kappa shape index (κ1) is 13.7. The summed E-state index contributed by atoms with van der Waals surface area (Å²) < 4.78 is 37.8. The predicted molar refractivity (Wildman–Crippen MR) is 67.5 cm³/mol. The van der Waals surface area contributed by atoms with Gasteiger partial charge in [-0.15, -0.1) is 0 Å². The van der Waals surface area contributed by atoms with Crippen molar-refractivity contribution in [3.63, 3.8) is 0 Å². The van der Waals surface area contributed by atoms with E-state index in [1.54, 1.807) is 18.2 Å². The van der Waals surface area contributed by atoms with E-state index in [0.29, 0.717) is 5.69 Å². The number of pyridine rings is 1. The number of nitriles is 1. The van der Waals surface area contributed by atoms with Crippen LogP contribution in [0.15, 0.2) is 53.7 Å². The van der Waals surface area contributed by atoms with Gasteiger partial charge < -0.3 is 0 Å². The number of aliphatic imine (C=N–C) groups is 1. The van der Waals surface area contributed by atoms with Crippen molar-refractivity contribution in [2.75, 3.05) is 0 Å². The molecule has 2 aromatic rings. The number of halogens is 3. The topological polar surface area (TPSA) is 49.0 Å². The fourth-order valence-corrected chi connectivity index (χ4v) is 1.52. The van der Waals surface area contributed by atoms with Gasteiger partial charge in [-0.25, -0.2) is 4.99 Å². The fraction of sp³-hybridized carbons (Fsp3) is 0.0714. The molecule has 0 atom stereocenters. The van der Waals surface area contributed by atoms with Gasteiger partial charge in [-0.05, 0) is 30.3 Å². The minimum atomic E-state index is -4.44. The minimum absolute atomic E-state index is 0.0371. The van der Waals surface area contributed by atoms with Crippen LogP contribution in [0.2, 0.25) is 0 Å². The summed E-state index contributed by atoms with van der Waals surface area (Å²) in [6.07, 6.45) is -2.96. The average Bonchev–Trinajstić information content (AvgIpc) is 2.45. The van der Waals surface area contributed by atoms with Gasteiger partial charge in [0, 0.05) is 6.20 Å². The molecule has 0 saturated heterocycles. The minimum Gasteiger partial charge on any atom is -0.254 e. The van der Waals surface area contributed by atoms with Crippen LogP contribution in [0.25, 0.3) is 0 Å². The zero-order valence-corrected chi connectivity index (χ0v) is 10.1. The van der Waals surface area contributed by atoms with Crippen LogP contribution in [0.5, 0.6) is 0 Å². The van der Waals surface area contributed by atoms with Crippen molar-refractivity contribution in [2.24, 2.45) is 4.99 Å². The summed E-state index contributed by atoms with van der Waals surface area (Å²) in [5, 5.41) is 9.03. The Kier molecular flexibility index (Phi) is 3.80. The van der Waals surface area contributed by atoms with Crippen LogP contribution >= 0.6 is 0 Å². The van der Waals surface area contributed by atoms with Crippen molar-refractivity contribution in [2.45, 2.75) is 6.18 Å². The van der Waals surface area contributed by atoms with Gasteiger partial charge in [0.15, 0.2) is 5.71 Å². The first-order chi connectivity index (χ1) is 9.50. The summed E-state index contributed by atoms with van der Waals surface area (Å²) in [6, 6.07) is 11.2. The first-order valence-electron chi connectivity index (χ1n) is 5.58. The van der Waals surface area contributed by atoms with Crippen LogP contribution in [-0.2, 0) is 6.18 Å². The lowest BCUT2D eigenvalue weighted by atomic mass is 10.2. The maximum atomic E-state index is 12.6. The van der Waals surface area contributed by atoms with Crippen LogP contribution in [0.4, 0.5) is 18.9 Å². The standard InChI is InChI=1S/C14H8F3N3/c15-14(16,17)10-4-3-5-11(8-10)20-13(9-18)12-6-1-2-7-19-12/h1-8H. The molecule has 0 aliphatic rings. The van der Waals surface area contributed by atoms with Crippen LogP contribution < -0.4 is 0 Å². The molecule has 100 valence electrons. The highest BCUT2D eigenvalue weighted by Gasteiger charge is 2.30. The van der Waals surface area contributed by atoms with Crippen LogP contribution in [0, 0.1) is 11.3 Å². The molecule has 2 rings (SSSR count). The molecule has 1 heterocycles. The normalized spacial score (nSPS) is 12.0. The number of rotatable bonds is 2. The quantitative estimate of drug-likeness (QED) is 0.784. The van der Waals surface area contributed by atoms with E-state index < -0.39 is 11.7 Å². The van der Waals surface area contributed by atoms with E-state index in [1.165, 1.54) is 18.3 Å². The second kappa shape index (κ2) is 5.53. The van der Waals surface area contributed by atoms with Crippen molar-refractivity contribution >= 4 is 11.4 Å². The molecule has 0 aliphatic carbocycles. The lowest BCUT2D eigenvalue weighted by Crippen LogP contribution is -2.04. The van der Waals surface area contributed by atoms with Crippen LogP contribution in [0.3, 0.4) is 0 Å². The van der Waals surface area contributed by atoms with Crippen molar-refractivity contribution in [1.29, 1.82) is 5.26 Å². The van der Waals surface area contributed by atoms with Gasteiger partial charge >= 0.3 is 6.18 Å². The molecule has 0 spiro atoms. The number of hydrogen-bond donors (Lipinski definition) is 0. The van der Waals surface area contributed by atoms with Gasteiger partial charge in [0.25, 0.3) is 0 Å².